The number of rotatable bonds is 4. The van der Waals surface area contributed by atoms with Crippen LogP contribution in [0.3, 0.4) is 0 Å². The number of nitrogens with one attached hydrogen (secondary N) is 1. The van der Waals surface area contributed by atoms with Crippen LogP contribution in [0.1, 0.15) is 19.0 Å². The van der Waals surface area contributed by atoms with E-state index >= 15 is 0 Å². The van der Waals surface area contributed by atoms with Gasteiger partial charge in [-0.05, 0) is 48.1 Å². The van der Waals surface area contributed by atoms with Gasteiger partial charge in [-0.2, -0.15) is 0 Å². The van der Waals surface area contributed by atoms with Gasteiger partial charge in [0.05, 0.1) is 14.3 Å². The summed E-state index contributed by atoms with van der Waals surface area (Å²) >= 11 is 8.47. The van der Waals surface area contributed by atoms with E-state index in [1.165, 1.54) is 0 Å². The molecule has 0 aliphatic rings. The first-order valence-corrected chi connectivity index (χ1v) is 7.62. The number of aryl methyl sites for hydroxylation is 1. The van der Waals surface area contributed by atoms with E-state index < -0.39 is 0 Å². The van der Waals surface area contributed by atoms with Crippen LogP contribution in [0.15, 0.2) is 24.3 Å². The summed E-state index contributed by atoms with van der Waals surface area (Å²) < 4.78 is 1.06. The zero-order chi connectivity index (χ0) is 13.8. The largest absolute Gasteiger partial charge is 0.369 e. The van der Waals surface area contributed by atoms with Crippen LogP contribution in [-0.4, -0.2) is 16.5 Å². The first-order valence-electron chi connectivity index (χ1n) is 6.16. The van der Waals surface area contributed by atoms with Gasteiger partial charge in [-0.15, -0.1) is 0 Å². The molecule has 1 N–H and O–H groups in total. The number of halogens is 2. The van der Waals surface area contributed by atoms with Gasteiger partial charge in [0.2, 0.25) is 0 Å². The van der Waals surface area contributed by atoms with E-state index in [1.54, 1.807) is 0 Å². The Balaban J connectivity index is 2.47. The predicted molar refractivity (Wildman–Crippen MR) is 88.7 cm³/mol. The third kappa shape index (κ3) is 3.36. The van der Waals surface area contributed by atoms with Gasteiger partial charge in [-0.1, -0.05) is 30.7 Å². The molecule has 3 nitrogen and oxygen atoms in total. The van der Waals surface area contributed by atoms with E-state index in [0.29, 0.717) is 10.8 Å². The minimum atomic E-state index is 0.669. The number of benzene rings is 1. The molecule has 0 spiro atoms. The van der Waals surface area contributed by atoms with Crippen molar-refractivity contribution < 1.29 is 0 Å². The van der Waals surface area contributed by atoms with Gasteiger partial charge in [0.15, 0.2) is 5.82 Å². The highest BCUT2D eigenvalue weighted by Crippen LogP contribution is 2.28. The minimum absolute atomic E-state index is 0.669. The first kappa shape index (κ1) is 14.5. The Bertz CT molecular complexity index is 587. The molecule has 2 rings (SSSR count). The van der Waals surface area contributed by atoms with Crippen LogP contribution in [0.4, 0.5) is 5.82 Å². The molecule has 0 saturated heterocycles. The van der Waals surface area contributed by atoms with E-state index in [0.717, 1.165) is 33.6 Å². The Hall–Kier alpha value is -0.880. The van der Waals surface area contributed by atoms with Crippen molar-refractivity contribution in [1.82, 2.24) is 9.97 Å². The van der Waals surface area contributed by atoms with Crippen LogP contribution in [-0.2, 0) is 0 Å². The Kier molecular flexibility index (Phi) is 4.99. The predicted octanol–water partition coefficient (Wildman–Crippen LogP) is 4.53. The van der Waals surface area contributed by atoms with Gasteiger partial charge < -0.3 is 5.32 Å². The molecule has 1 heterocycles. The molecule has 1 aromatic heterocycles. The lowest BCUT2D eigenvalue weighted by atomic mass is 10.2. The molecule has 0 atom stereocenters. The summed E-state index contributed by atoms with van der Waals surface area (Å²) in [5.41, 5.74) is 1.83. The quantitative estimate of drug-likeness (QED) is 0.783. The molecule has 0 radical (unpaired) electrons. The number of hydrogen-bond donors (Lipinski definition) is 1. The highest BCUT2D eigenvalue weighted by molar-refractivity contribution is 14.1. The smallest absolute Gasteiger partial charge is 0.163 e. The Labute approximate surface area is 132 Å². The van der Waals surface area contributed by atoms with Crippen molar-refractivity contribution in [3.63, 3.8) is 0 Å². The molecule has 5 heteroatoms. The van der Waals surface area contributed by atoms with Crippen LogP contribution in [0.2, 0.25) is 5.02 Å². The highest BCUT2D eigenvalue weighted by Gasteiger charge is 2.12. The van der Waals surface area contributed by atoms with Gasteiger partial charge in [-0.3, -0.25) is 0 Å². The lowest BCUT2D eigenvalue weighted by Crippen LogP contribution is -2.07. The molecule has 0 amide bonds. The summed E-state index contributed by atoms with van der Waals surface area (Å²) in [6.07, 6.45) is 1.06. The molecular formula is C14H15ClIN3. The average Bonchev–Trinajstić information content (AvgIpc) is 2.41. The Morgan fingerprint density at radius 2 is 2.00 bits per heavy atom. The molecule has 19 heavy (non-hydrogen) atoms. The molecule has 0 saturated carbocycles. The minimum Gasteiger partial charge on any atom is -0.369 e. The van der Waals surface area contributed by atoms with Crippen molar-refractivity contribution in [2.75, 3.05) is 11.9 Å². The lowest BCUT2D eigenvalue weighted by Gasteiger charge is -2.11. The topological polar surface area (TPSA) is 37.8 Å². The zero-order valence-electron chi connectivity index (χ0n) is 10.9. The van der Waals surface area contributed by atoms with Crippen LogP contribution in [0.25, 0.3) is 11.4 Å². The second-order valence-electron chi connectivity index (χ2n) is 4.20. The van der Waals surface area contributed by atoms with Crippen LogP contribution >= 0.6 is 34.2 Å². The van der Waals surface area contributed by atoms with Crippen molar-refractivity contribution in [2.45, 2.75) is 20.3 Å². The van der Waals surface area contributed by atoms with Crippen molar-refractivity contribution in [2.24, 2.45) is 0 Å². The van der Waals surface area contributed by atoms with Crippen molar-refractivity contribution in [3.05, 3.63) is 38.6 Å². The van der Waals surface area contributed by atoms with Crippen LogP contribution in [0, 0.1) is 10.5 Å². The lowest BCUT2D eigenvalue weighted by molar-refractivity contribution is 0.958. The van der Waals surface area contributed by atoms with E-state index in [2.05, 4.69) is 44.8 Å². The fourth-order valence-electron chi connectivity index (χ4n) is 1.68. The summed E-state index contributed by atoms with van der Waals surface area (Å²) in [5, 5.41) is 4.00. The van der Waals surface area contributed by atoms with Gasteiger partial charge in [-0.25, -0.2) is 9.97 Å². The number of hydrogen-bond acceptors (Lipinski definition) is 3. The summed E-state index contributed by atoms with van der Waals surface area (Å²) in [4.78, 5) is 9.12. The first-order chi connectivity index (χ1) is 9.13. The molecule has 0 bridgehead atoms. The monoisotopic (exact) mass is 387 g/mol. The molecule has 0 aliphatic heterocycles. The molecule has 0 aliphatic carbocycles. The van der Waals surface area contributed by atoms with Crippen LogP contribution < -0.4 is 5.32 Å². The SMILES string of the molecule is CCCNc1nc(-c2ccccc2Cl)nc(C)c1I. The Morgan fingerprint density at radius 3 is 2.68 bits per heavy atom. The maximum Gasteiger partial charge on any atom is 0.163 e. The van der Waals surface area contributed by atoms with E-state index in [1.807, 2.05) is 31.2 Å². The fourth-order valence-corrected chi connectivity index (χ4v) is 2.33. The van der Waals surface area contributed by atoms with Gasteiger partial charge in [0.25, 0.3) is 0 Å². The maximum atomic E-state index is 6.21. The number of anilines is 1. The molecule has 2 aromatic rings. The van der Waals surface area contributed by atoms with Crippen molar-refractivity contribution >= 4 is 40.0 Å². The fraction of sp³-hybridized carbons (Fsp3) is 0.286. The standard InChI is InChI=1S/C14H15ClIN3/c1-3-8-17-14-12(16)9(2)18-13(19-14)10-6-4-5-7-11(10)15/h4-7H,3,8H2,1-2H3,(H,17,18,19). The average molecular weight is 388 g/mol. The number of nitrogens with zero attached hydrogens (tertiary/aromatic N) is 2. The summed E-state index contributed by atoms with van der Waals surface area (Å²) in [7, 11) is 0. The van der Waals surface area contributed by atoms with Crippen molar-refractivity contribution in [3.8, 4) is 11.4 Å². The summed E-state index contributed by atoms with van der Waals surface area (Å²) in [6, 6.07) is 7.64. The van der Waals surface area contributed by atoms with Crippen molar-refractivity contribution in [1.29, 1.82) is 0 Å². The zero-order valence-corrected chi connectivity index (χ0v) is 13.8. The Morgan fingerprint density at radius 1 is 1.26 bits per heavy atom. The second kappa shape index (κ2) is 6.52. The van der Waals surface area contributed by atoms with Crippen LogP contribution in [0.5, 0.6) is 0 Å². The van der Waals surface area contributed by atoms with E-state index in [9.17, 15) is 0 Å². The van der Waals surface area contributed by atoms with E-state index in [-0.39, 0.29) is 0 Å². The van der Waals surface area contributed by atoms with E-state index in [4.69, 9.17) is 11.6 Å². The summed E-state index contributed by atoms with van der Waals surface area (Å²) in [6.45, 7) is 5.01. The maximum absolute atomic E-state index is 6.21. The molecule has 1 aromatic carbocycles. The molecular weight excluding hydrogens is 373 g/mol. The van der Waals surface area contributed by atoms with Gasteiger partial charge in [0, 0.05) is 12.1 Å². The normalized spacial score (nSPS) is 10.5. The summed E-state index contributed by atoms with van der Waals surface area (Å²) in [5.74, 6) is 1.55. The third-order valence-corrected chi connectivity index (χ3v) is 4.30. The highest BCUT2D eigenvalue weighted by atomic mass is 127. The molecule has 100 valence electrons. The van der Waals surface area contributed by atoms with Gasteiger partial charge in [0.1, 0.15) is 5.82 Å². The van der Waals surface area contributed by atoms with Gasteiger partial charge >= 0.3 is 0 Å². The second-order valence-corrected chi connectivity index (χ2v) is 5.69. The molecule has 0 fully saturated rings. The molecule has 0 unspecified atom stereocenters. The third-order valence-electron chi connectivity index (χ3n) is 2.67. The number of aromatic nitrogens is 2.